The molecule has 1 saturated heterocycles. The first-order valence-electron chi connectivity index (χ1n) is 11.6. The second-order valence-electron chi connectivity index (χ2n) is 8.92. The predicted octanol–water partition coefficient (Wildman–Crippen LogP) is 6.50. The van der Waals surface area contributed by atoms with Crippen molar-refractivity contribution in [2.45, 2.75) is 25.3 Å². The third-order valence-corrected chi connectivity index (χ3v) is 6.42. The fourth-order valence-electron chi connectivity index (χ4n) is 4.50. The Morgan fingerprint density at radius 2 is 1.60 bits per heavy atom. The lowest BCUT2D eigenvalue weighted by atomic mass is 9.96. The van der Waals surface area contributed by atoms with Gasteiger partial charge in [-0.25, -0.2) is 13.2 Å². The zero-order chi connectivity index (χ0) is 24.6. The summed E-state index contributed by atoms with van der Waals surface area (Å²) >= 11 is 0. The lowest BCUT2D eigenvalue weighted by Gasteiger charge is -2.31. The molecule has 0 unspecified atom stereocenters. The van der Waals surface area contributed by atoms with Crippen molar-refractivity contribution in [2.75, 3.05) is 20.1 Å². The van der Waals surface area contributed by atoms with Gasteiger partial charge in [0, 0.05) is 42.4 Å². The van der Waals surface area contributed by atoms with Crippen LogP contribution in [0.5, 0.6) is 0 Å². The molecule has 1 fully saturated rings. The summed E-state index contributed by atoms with van der Waals surface area (Å²) in [5.41, 5.74) is 4.68. The van der Waals surface area contributed by atoms with E-state index >= 15 is 0 Å². The average Bonchev–Trinajstić information content (AvgIpc) is 3.26. The van der Waals surface area contributed by atoms with Crippen molar-refractivity contribution in [2.24, 2.45) is 0 Å². The van der Waals surface area contributed by atoms with Crippen LogP contribution in [0.4, 0.5) is 13.2 Å². The molecule has 0 aliphatic carbocycles. The summed E-state index contributed by atoms with van der Waals surface area (Å²) in [5, 5.41) is 4.00. The van der Waals surface area contributed by atoms with Gasteiger partial charge in [-0.2, -0.15) is 0 Å². The minimum absolute atomic E-state index is 0.0563. The number of likely N-dealkylation sites (tertiary alicyclic amines) is 1. The number of alkyl halides is 2. The van der Waals surface area contributed by atoms with Gasteiger partial charge in [0.25, 0.3) is 11.8 Å². The monoisotopic (exact) mass is 478 g/mol. The fraction of sp³-hybridized carbons (Fsp3) is 0.250. The molecule has 1 aliphatic rings. The summed E-state index contributed by atoms with van der Waals surface area (Å²) in [4.78, 5) is 14.3. The molecule has 7 heteroatoms. The van der Waals surface area contributed by atoms with Crippen LogP contribution in [0.1, 0.15) is 29.0 Å². The number of nitrogens with zero attached hydrogens (tertiary/aromatic N) is 1. The van der Waals surface area contributed by atoms with E-state index in [1.807, 2.05) is 37.4 Å². The van der Waals surface area contributed by atoms with E-state index in [4.69, 9.17) is 4.42 Å². The number of hydrogen-bond acceptors (Lipinski definition) is 3. The summed E-state index contributed by atoms with van der Waals surface area (Å²) < 4.78 is 46.5. The van der Waals surface area contributed by atoms with Crippen molar-refractivity contribution >= 4 is 16.9 Å². The minimum Gasteiger partial charge on any atom is -0.459 e. The van der Waals surface area contributed by atoms with Gasteiger partial charge in [0.15, 0.2) is 0 Å². The summed E-state index contributed by atoms with van der Waals surface area (Å²) in [6.07, 6.45) is -0.605. The number of piperidine rings is 1. The maximum Gasteiger partial charge on any atom is 0.253 e. The maximum atomic E-state index is 13.5. The van der Waals surface area contributed by atoms with E-state index in [0.717, 1.165) is 39.0 Å². The SMILES string of the molecule is CNCc1cc2cc(-c3ccc(C(=O)N4CCC(F)(F)CC4)cc3)cc(-c3ccc(F)cc3)c2o1. The van der Waals surface area contributed by atoms with E-state index in [1.54, 1.807) is 24.3 Å². The number of halogens is 3. The van der Waals surface area contributed by atoms with Crippen LogP contribution in [-0.2, 0) is 6.54 Å². The van der Waals surface area contributed by atoms with Gasteiger partial charge in [-0.3, -0.25) is 4.79 Å². The third kappa shape index (κ3) is 4.82. The normalized spacial score (nSPS) is 15.5. The van der Waals surface area contributed by atoms with Gasteiger partial charge >= 0.3 is 0 Å². The van der Waals surface area contributed by atoms with Crippen LogP contribution in [0.15, 0.2) is 71.1 Å². The van der Waals surface area contributed by atoms with Crippen LogP contribution in [-0.4, -0.2) is 36.9 Å². The van der Waals surface area contributed by atoms with E-state index < -0.39 is 5.92 Å². The van der Waals surface area contributed by atoms with Crippen molar-refractivity contribution in [3.05, 3.63) is 83.9 Å². The van der Waals surface area contributed by atoms with Gasteiger partial charge in [-0.15, -0.1) is 0 Å². The van der Waals surface area contributed by atoms with Gasteiger partial charge in [0.1, 0.15) is 17.2 Å². The van der Waals surface area contributed by atoms with E-state index in [2.05, 4.69) is 5.32 Å². The number of rotatable bonds is 5. The van der Waals surface area contributed by atoms with E-state index in [0.29, 0.717) is 12.1 Å². The first-order chi connectivity index (χ1) is 16.8. The van der Waals surface area contributed by atoms with E-state index in [-0.39, 0.29) is 37.7 Å². The highest BCUT2D eigenvalue weighted by Crippen LogP contribution is 2.36. The smallest absolute Gasteiger partial charge is 0.253 e. The number of fused-ring (bicyclic) bond motifs is 1. The number of benzene rings is 3. The molecule has 0 spiro atoms. The number of furan rings is 1. The quantitative estimate of drug-likeness (QED) is 0.356. The number of amides is 1. The van der Waals surface area contributed by atoms with Crippen molar-refractivity contribution in [3.63, 3.8) is 0 Å². The Morgan fingerprint density at radius 1 is 0.943 bits per heavy atom. The molecular formula is C28H25F3N2O2. The first kappa shape index (κ1) is 23.2. The van der Waals surface area contributed by atoms with Crippen LogP contribution in [0.3, 0.4) is 0 Å². The van der Waals surface area contributed by atoms with Gasteiger partial charge in [-0.05, 0) is 66.2 Å². The minimum atomic E-state index is -2.69. The molecule has 3 aromatic carbocycles. The molecule has 180 valence electrons. The predicted molar refractivity (Wildman–Crippen MR) is 130 cm³/mol. The van der Waals surface area contributed by atoms with Crippen molar-refractivity contribution in [1.29, 1.82) is 0 Å². The third-order valence-electron chi connectivity index (χ3n) is 6.42. The van der Waals surface area contributed by atoms with E-state index in [1.165, 1.54) is 17.0 Å². The molecular weight excluding hydrogens is 453 g/mol. The van der Waals surface area contributed by atoms with Crippen LogP contribution in [0.2, 0.25) is 0 Å². The summed E-state index contributed by atoms with van der Waals surface area (Å²) in [5.74, 6) is -2.45. The van der Waals surface area contributed by atoms with Crippen LogP contribution >= 0.6 is 0 Å². The Kier molecular flexibility index (Phi) is 6.11. The van der Waals surface area contributed by atoms with Crippen LogP contribution in [0.25, 0.3) is 33.2 Å². The Labute approximate surface area is 201 Å². The molecule has 1 N–H and O–H groups in total. The Balaban J connectivity index is 1.48. The molecule has 1 amide bonds. The van der Waals surface area contributed by atoms with Gasteiger partial charge in [0.2, 0.25) is 0 Å². The second kappa shape index (κ2) is 9.23. The Hall–Kier alpha value is -3.58. The molecule has 0 bridgehead atoms. The lowest BCUT2D eigenvalue weighted by Crippen LogP contribution is -2.42. The standard InChI is InChI=1S/C28H25F3N2O2/c1-32-17-24-15-22-14-21(16-25(26(22)35-24)19-6-8-23(29)9-7-19)18-2-4-20(5-3-18)27(34)33-12-10-28(30,31)11-13-33/h2-9,14-16,32H,10-13,17H2,1H3. The first-order valence-corrected chi connectivity index (χ1v) is 11.6. The number of carbonyl (C=O) groups excluding carboxylic acids is 1. The molecule has 0 radical (unpaired) electrons. The molecule has 1 aliphatic heterocycles. The van der Waals surface area contributed by atoms with Gasteiger partial charge in [-0.1, -0.05) is 24.3 Å². The van der Waals surface area contributed by atoms with Gasteiger partial charge < -0.3 is 14.6 Å². The number of nitrogens with one attached hydrogen (secondary N) is 1. The second-order valence-corrected chi connectivity index (χ2v) is 8.92. The van der Waals surface area contributed by atoms with Crippen molar-refractivity contribution in [3.8, 4) is 22.3 Å². The average molecular weight is 479 g/mol. The molecule has 1 aromatic heterocycles. The highest BCUT2D eigenvalue weighted by Gasteiger charge is 2.35. The Morgan fingerprint density at radius 3 is 2.26 bits per heavy atom. The highest BCUT2D eigenvalue weighted by atomic mass is 19.3. The van der Waals surface area contributed by atoms with E-state index in [9.17, 15) is 18.0 Å². The zero-order valence-electron chi connectivity index (χ0n) is 19.3. The molecule has 0 saturated carbocycles. The molecule has 2 heterocycles. The fourth-order valence-corrected chi connectivity index (χ4v) is 4.50. The summed E-state index contributed by atoms with van der Waals surface area (Å²) in [6.45, 7) is 0.688. The molecule has 0 atom stereocenters. The number of carbonyl (C=O) groups is 1. The largest absolute Gasteiger partial charge is 0.459 e. The maximum absolute atomic E-state index is 13.5. The molecule has 35 heavy (non-hydrogen) atoms. The van der Waals surface area contributed by atoms with Crippen molar-refractivity contribution in [1.82, 2.24) is 10.2 Å². The van der Waals surface area contributed by atoms with Crippen LogP contribution < -0.4 is 5.32 Å². The van der Waals surface area contributed by atoms with Crippen molar-refractivity contribution < 1.29 is 22.4 Å². The Bertz CT molecular complexity index is 1350. The lowest BCUT2D eigenvalue weighted by molar-refractivity contribution is -0.0494. The zero-order valence-corrected chi connectivity index (χ0v) is 19.3. The summed E-state index contributed by atoms with van der Waals surface area (Å²) in [7, 11) is 1.85. The number of hydrogen-bond donors (Lipinski definition) is 1. The van der Waals surface area contributed by atoms with Gasteiger partial charge in [0.05, 0.1) is 6.54 Å². The van der Waals surface area contributed by atoms with Crippen LogP contribution in [0, 0.1) is 5.82 Å². The molecule has 4 aromatic rings. The summed E-state index contributed by atoms with van der Waals surface area (Å²) in [6, 6.07) is 19.4. The highest BCUT2D eigenvalue weighted by molar-refractivity contribution is 5.98. The topological polar surface area (TPSA) is 45.5 Å². The molecule has 4 nitrogen and oxygen atoms in total. The molecule has 5 rings (SSSR count).